The van der Waals surface area contributed by atoms with Crippen LogP contribution in [0, 0.1) is 0 Å². The van der Waals surface area contributed by atoms with Crippen LogP contribution in [0.2, 0.25) is 0 Å². The smallest absolute Gasteiger partial charge is 0.336 e. The van der Waals surface area contributed by atoms with Crippen LogP contribution in [0.25, 0.3) is 0 Å². The number of β-lactam (4-membered cyclic amide) rings is 1. The largest absolute Gasteiger partial charge is 0.478 e. The van der Waals surface area contributed by atoms with Crippen molar-refractivity contribution in [2.24, 2.45) is 0 Å². The van der Waals surface area contributed by atoms with Gasteiger partial charge in [0.15, 0.2) is 18.9 Å². The first-order chi connectivity index (χ1) is 10.6. The third-order valence-corrected chi connectivity index (χ3v) is 4.99. The first-order valence-corrected chi connectivity index (χ1v) is 7.70. The van der Waals surface area contributed by atoms with Gasteiger partial charge in [-0.3, -0.25) is 9.59 Å². The van der Waals surface area contributed by atoms with Gasteiger partial charge in [-0.15, -0.1) is 11.8 Å². The Bertz CT molecular complexity index is 659. The zero-order valence-electron chi connectivity index (χ0n) is 11.5. The van der Waals surface area contributed by atoms with E-state index in [-0.39, 0.29) is 16.8 Å². The summed E-state index contributed by atoms with van der Waals surface area (Å²) in [7, 11) is 0. The van der Waals surface area contributed by atoms with Crippen LogP contribution >= 0.6 is 11.8 Å². The van der Waals surface area contributed by atoms with E-state index in [0.29, 0.717) is 13.0 Å². The molecule has 0 spiro atoms. The Morgan fingerprint density at radius 3 is 2.86 bits per heavy atom. The van der Waals surface area contributed by atoms with Crippen molar-refractivity contribution in [3.63, 3.8) is 0 Å². The average Bonchev–Trinajstić information content (AvgIpc) is 2.53. The third kappa shape index (κ3) is 2.57. The Morgan fingerprint density at radius 1 is 1.50 bits per heavy atom. The second-order valence-corrected chi connectivity index (χ2v) is 6.17. The Labute approximate surface area is 130 Å². The first-order valence-electron chi connectivity index (χ1n) is 6.65. The van der Waals surface area contributed by atoms with E-state index in [1.807, 2.05) is 10.8 Å². The van der Waals surface area contributed by atoms with Gasteiger partial charge in [0.2, 0.25) is 6.41 Å². The van der Waals surface area contributed by atoms with Gasteiger partial charge in [0.25, 0.3) is 5.91 Å². The molecule has 2 aliphatic rings. The Hall–Kier alpha value is -2.35. The molecule has 7 nitrogen and oxygen atoms in total. The molecule has 2 aliphatic heterocycles. The van der Waals surface area contributed by atoms with Crippen molar-refractivity contribution in [1.29, 1.82) is 0 Å². The molecule has 2 atom stereocenters. The maximum atomic E-state index is 11.9. The minimum atomic E-state index is -0.956. The van der Waals surface area contributed by atoms with Crippen LogP contribution in [0.4, 0.5) is 0 Å². The molecular formula is C14H14N3O4S+. The van der Waals surface area contributed by atoms with Crippen LogP contribution in [0.5, 0.6) is 0 Å². The molecule has 114 valence electrons. The topological polar surface area (TPSA) is 90.6 Å². The summed E-state index contributed by atoms with van der Waals surface area (Å²) in [5, 5.41) is 11.4. The average molecular weight is 320 g/mol. The predicted molar refractivity (Wildman–Crippen MR) is 77.8 cm³/mol. The first kappa shape index (κ1) is 14.6. The number of pyridine rings is 1. The van der Waals surface area contributed by atoms with Gasteiger partial charge in [0.1, 0.15) is 11.4 Å². The molecule has 8 heteroatoms. The molecule has 0 radical (unpaired) electrons. The van der Waals surface area contributed by atoms with Crippen molar-refractivity contribution in [2.45, 2.75) is 18.0 Å². The van der Waals surface area contributed by atoms with Gasteiger partial charge >= 0.3 is 5.97 Å². The standard InChI is InChI=1S/C14H13N3O4S/c18-8-15-11-12(19)17-6-9(7-22-13(11)17)5-16-3-1-10(2-4-16)14(20)21/h1-4,6,8,11,13H,5,7H2,(H-,15,18,20,21)/p+1/t11-,13+/m1/s1. The lowest BCUT2D eigenvalue weighted by atomic mass is 10.1. The number of carboxylic acid groups (broad SMARTS) is 1. The molecule has 3 rings (SSSR count). The number of aromatic carboxylic acids is 1. The molecule has 0 aliphatic carbocycles. The SMILES string of the molecule is O=CN[C@@H]1C(=O)N2C=C(C[n+]3ccc(C(=O)O)cc3)CS[C@@H]12. The number of amides is 2. The molecule has 2 N–H and O–H groups in total. The minimum Gasteiger partial charge on any atom is -0.478 e. The van der Waals surface area contributed by atoms with Gasteiger partial charge in [-0.1, -0.05) is 0 Å². The van der Waals surface area contributed by atoms with Crippen molar-refractivity contribution in [1.82, 2.24) is 10.2 Å². The van der Waals surface area contributed by atoms with Crippen LogP contribution in [-0.4, -0.2) is 45.5 Å². The number of nitrogens with zero attached hydrogens (tertiary/aromatic N) is 2. The lowest BCUT2D eigenvalue weighted by Gasteiger charge is -2.46. The van der Waals surface area contributed by atoms with Crippen LogP contribution in [0.3, 0.4) is 0 Å². The van der Waals surface area contributed by atoms with Gasteiger partial charge in [0.05, 0.1) is 5.56 Å². The van der Waals surface area contributed by atoms with Crippen LogP contribution in [0.15, 0.2) is 36.3 Å². The van der Waals surface area contributed by atoms with E-state index in [2.05, 4.69) is 5.32 Å². The van der Waals surface area contributed by atoms with Gasteiger partial charge < -0.3 is 15.3 Å². The van der Waals surface area contributed by atoms with Crippen molar-refractivity contribution in [2.75, 3.05) is 5.75 Å². The van der Waals surface area contributed by atoms with Crippen molar-refractivity contribution in [3.8, 4) is 0 Å². The van der Waals surface area contributed by atoms with Crippen molar-refractivity contribution < 1.29 is 24.1 Å². The molecule has 0 unspecified atom stereocenters. The number of thioether (sulfide) groups is 1. The summed E-state index contributed by atoms with van der Waals surface area (Å²) in [5.41, 5.74) is 1.30. The summed E-state index contributed by atoms with van der Waals surface area (Å²) in [5.74, 6) is -0.297. The van der Waals surface area contributed by atoms with Gasteiger partial charge in [-0.2, -0.15) is 0 Å². The lowest BCUT2D eigenvalue weighted by molar-refractivity contribution is -0.689. The number of carboxylic acids is 1. The van der Waals surface area contributed by atoms with E-state index in [4.69, 9.17) is 5.11 Å². The molecule has 0 saturated carbocycles. The van der Waals surface area contributed by atoms with Gasteiger partial charge in [-0.05, 0) is 0 Å². The van der Waals surface area contributed by atoms with E-state index in [1.165, 1.54) is 0 Å². The molecule has 1 fully saturated rings. The molecule has 0 bridgehead atoms. The zero-order chi connectivity index (χ0) is 15.7. The fourth-order valence-electron chi connectivity index (χ4n) is 2.48. The highest BCUT2D eigenvalue weighted by Gasteiger charge is 2.48. The maximum Gasteiger partial charge on any atom is 0.336 e. The van der Waals surface area contributed by atoms with Crippen LogP contribution in [0.1, 0.15) is 10.4 Å². The Kier molecular flexibility index (Phi) is 3.84. The highest BCUT2D eigenvalue weighted by molar-refractivity contribution is 8.00. The normalized spacial score (nSPS) is 23.2. The number of carbonyl (C=O) groups is 3. The molecule has 3 heterocycles. The monoisotopic (exact) mass is 320 g/mol. The molecule has 22 heavy (non-hydrogen) atoms. The fourth-order valence-corrected chi connectivity index (χ4v) is 3.74. The Morgan fingerprint density at radius 2 is 2.23 bits per heavy atom. The Balaban J connectivity index is 1.67. The number of hydrogen-bond donors (Lipinski definition) is 2. The highest BCUT2D eigenvalue weighted by Crippen LogP contribution is 2.35. The van der Waals surface area contributed by atoms with E-state index < -0.39 is 12.0 Å². The number of fused-ring (bicyclic) bond motifs is 1. The van der Waals surface area contributed by atoms with Crippen LogP contribution in [-0.2, 0) is 16.1 Å². The second kappa shape index (κ2) is 5.80. The van der Waals surface area contributed by atoms with Crippen LogP contribution < -0.4 is 9.88 Å². The summed E-state index contributed by atoms with van der Waals surface area (Å²) in [6.45, 7) is 0.592. The molecule has 0 aromatic carbocycles. The maximum absolute atomic E-state index is 11.9. The number of nitrogens with one attached hydrogen (secondary N) is 1. The van der Waals surface area contributed by atoms with Gasteiger partial charge in [-0.25, -0.2) is 9.36 Å². The number of carbonyl (C=O) groups excluding carboxylic acids is 2. The summed E-state index contributed by atoms with van der Waals surface area (Å²) < 4.78 is 1.87. The van der Waals surface area contributed by atoms with E-state index in [0.717, 1.165) is 11.3 Å². The third-order valence-electron chi connectivity index (χ3n) is 3.61. The lowest BCUT2D eigenvalue weighted by Crippen LogP contribution is -2.67. The number of rotatable bonds is 5. The molecule has 2 amide bonds. The fraction of sp³-hybridized carbons (Fsp3) is 0.286. The van der Waals surface area contributed by atoms with Crippen molar-refractivity contribution in [3.05, 3.63) is 41.9 Å². The summed E-state index contributed by atoms with van der Waals surface area (Å²) in [6, 6.07) is 2.66. The molecular weight excluding hydrogens is 306 g/mol. The molecule has 1 saturated heterocycles. The van der Waals surface area contributed by atoms with E-state index in [1.54, 1.807) is 41.2 Å². The number of hydrogen-bond acceptors (Lipinski definition) is 4. The second-order valence-electron chi connectivity index (χ2n) is 5.06. The molecule has 1 aromatic heterocycles. The summed E-state index contributed by atoms with van der Waals surface area (Å²) >= 11 is 1.61. The minimum absolute atomic E-state index is 0.0270. The summed E-state index contributed by atoms with van der Waals surface area (Å²) in [4.78, 5) is 34.8. The van der Waals surface area contributed by atoms with Crippen molar-refractivity contribution >= 4 is 30.0 Å². The zero-order valence-corrected chi connectivity index (χ0v) is 12.3. The predicted octanol–water partition coefficient (Wildman–Crippen LogP) is -0.414. The highest BCUT2D eigenvalue weighted by atomic mass is 32.2. The van der Waals surface area contributed by atoms with E-state index in [9.17, 15) is 14.4 Å². The van der Waals surface area contributed by atoms with E-state index >= 15 is 0 Å². The molecule has 1 aromatic rings. The quantitative estimate of drug-likeness (QED) is 0.437. The van der Waals surface area contributed by atoms with Gasteiger partial charge in [0, 0.05) is 29.7 Å². The number of aromatic nitrogens is 1. The summed E-state index contributed by atoms with van der Waals surface area (Å²) in [6.07, 6.45) is 5.79.